The van der Waals surface area contributed by atoms with E-state index in [1.54, 1.807) is 0 Å². The van der Waals surface area contributed by atoms with Gasteiger partial charge in [-0.3, -0.25) is 10.1 Å². The summed E-state index contributed by atoms with van der Waals surface area (Å²) in [7, 11) is -5.74. The summed E-state index contributed by atoms with van der Waals surface area (Å²) >= 11 is 0. The topological polar surface area (TPSA) is 115 Å². The summed E-state index contributed by atoms with van der Waals surface area (Å²) in [6.45, 7) is 0. The van der Waals surface area contributed by atoms with E-state index in [0.29, 0.717) is 0 Å². The van der Waals surface area contributed by atoms with Crippen LogP contribution < -0.4 is 0 Å². The van der Waals surface area contributed by atoms with Crippen LogP contribution in [0.4, 0.5) is 5.69 Å². The number of nitro benzene ring substituents is 1. The molecule has 1 aliphatic rings. The summed E-state index contributed by atoms with van der Waals surface area (Å²) in [6.07, 6.45) is 0.255. The van der Waals surface area contributed by atoms with Gasteiger partial charge in [0, 0.05) is 25.2 Å². The SMILES string of the molecule is CN(C1CCS(=O)(=O)C1)S(=O)(=O)c1ccc([N+](=O)[O-])cc1. The molecule has 0 aromatic heterocycles. The van der Waals surface area contributed by atoms with Gasteiger partial charge < -0.3 is 0 Å². The van der Waals surface area contributed by atoms with E-state index in [1.807, 2.05) is 0 Å². The number of hydrogen-bond acceptors (Lipinski definition) is 6. The van der Waals surface area contributed by atoms with Crippen LogP contribution in [0.1, 0.15) is 6.42 Å². The van der Waals surface area contributed by atoms with E-state index in [1.165, 1.54) is 7.05 Å². The first-order chi connectivity index (χ1) is 9.63. The maximum absolute atomic E-state index is 12.4. The van der Waals surface area contributed by atoms with Gasteiger partial charge in [0.05, 0.1) is 21.3 Å². The third-order valence-electron chi connectivity index (χ3n) is 3.45. The van der Waals surface area contributed by atoms with Gasteiger partial charge in [-0.25, -0.2) is 16.8 Å². The minimum absolute atomic E-state index is 0.0300. The molecule has 1 aliphatic heterocycles. The Labute approximate surface area is 122 Å². The number of sulfone groups is 1. The molecule has 1 unspecified atom stereocenters. The lowest BCUT2D eigenvalue weighted by atomic mass is 10.3. The molecule has 0 bridgehead atoms. The van der Waals surface area contributed by atoms with E-state index in [0.717, 1.165) is 28.6 Å². The molecule has 0 aliphatic carbocycles. The first-order valence-corrected chi connectivity index (χ1v) is 9.32. The van der Waals surface area contributed by atoms with E-state index in [4.69, 9.17) is 0 Å². The first kappa shape index (κ1) is 15.9. The van der Waals surface area contributed by atoms with Crippen molar-refractivity contribution >= 4 is 25.5 Å². The Bertz CT molecular complexity index is 754. The lowest BCUT2D eigenvalue weighted by Crippen LogP contribution is -2.37. The number of nitro groups is 1. The minimum Gasteiger partial charge on any atom is -0.258 e. The zero-order valence-electron chi connectivity index (χ0n) is 11.2. The van der Waals surface area contributed by atoms with Crippen molar-refractivity contribution in [3.8, 4) is 0 Å². The second-order valence-corrected chi connectivity index (χ2v) is 9.06. The lowest BCUT2D eigenvalue weighted by molar-refractivity contribution is -0.384. The molecule has 116 valence electrons. The third kappa shape index (κ3) is 3.22. The predicted molar refractivity (Wildman–Crippen MR) is 75.1 cm³/mol. The van der Waals surface area contributed by atoms with Gasteiger partial charge in [0.25, 0.3) is 5.69 Å². The molecule has 8 nitrogen and oxygen atoms in total. The van der Waals surface area contributed by atoms with E-state index >= 15 is 0 Å². The van der Waals surface area contributed by atoms with Crippen molar-refractivity contribution in [2.24, 2.45) is 0 Å². The Kier molecular flexibility index (Phi) is 4.04. The summed E-state index contributed by atoms with van der Waals surface area (Å²) in [6, 6.07) is 3.90. The van der Waals surface area contributed by atoms with Crippen molar-refractivity contribution in [3.63, 3.8) is 0 Å². The minimum atomic E-state index is -3.87. The summed E-state index contributed by atoms with van der Waals surface area (Å²) in [5.41, 5.74) is -0.208. The van der Waals surface area contributed by atoms with E-state index in [2.05, 4.69) is 0 Å². The zero-order chi connectivity index (χ0) is 15.8. The van der Waals surface area contributed by atoms with Gasteiger partial charge in [-0.2, -0.15) is 4.31 Å². The predicted octanol–water partition coefficient (Wildman–Crippen LogP) is 0.402. The summed E-state index contributed by atoms with van der Waals surface area (Å²) in [5.74, 6) is -0.229. The lowest BCUT2D eigenvalue weighted by Gasteiger charge is -2.22. The highest BCUT2D eigenvalue weighted by Crippen LogP contribution is 2.24. The van der Waals surface area contributed by atoms with Crippen LogP contribution in [-0.2, 0) is 19.9 Å². The maximum Gasteiger partial charge on any atom is 0.269 e. The molecular weight excluding hydrogens is 320 g/mol. The van der Waals surface area contributed by atoms with Gasteiger partial charge in [-0.1, -0.05) is 0 Å². The smallest absolute Gasteiger partial charge is 0.258 e. The summed E-state index contributed by atoms with van der Waals surface area (Å²) in [4.78, 5) is 9.84. The molecule has 1 aromatic rings. The standard InChI is InChI=1S/C11H14N2O6S2/c1-12(10-6-7-20(16,17)8-10)21(18,19)11-4-2-9(3-5-11)13(14)15/h2-5,10H,6-8H2,1H3. The van der Waals surface area contributed by atoms with Gasteiger partial charge in [0.1, 0.15) is 0 Å². The molecule has 2 rings (SSSR count). The fraction of sp³-hybridized carbons (Fsp3) is 0.455. The Hall–Kier alpha value is -1.52. The zero-order valence-corrected chi connectivity index (χ0v) is 12.8. The van der Waals surface area contributed by atoms with Crippen LogP contribution in [0.5, 0.6) is 0 Å². The van der Waals surface area contributed by atoms with Crippen LogP contribution in [0.15, 0.2) is 29.2 Å². The Morgan fingerprint density at radius 1 is 1.29 bits per heavy atom. The molecule has 1 fully saturated rings. The van der Waals surface area contributed by atoms with Crippen LogP contribution in [0.2, 0.25) is 0 Å². The van der Waals surface area contributed by atoms with Crippen LogP contribution in [0, 0.1) is 10.1 Å². The van der Waals surface area contributed by atoms with Gasteiger partial charge in [-0.05, 0) is 18.6 Å². The van der Waals surface area contributed by atoms with E-state index in [9.17, 15) is 26.9 Å². The molecule has 1 saturated heterocycles. The molecule has 0 radical (unpaired) electrons. The van der Waals surface area contributed by atoms with Crippen LogP contribution in [0.3, 0.4) is 0 Å². The van der Waals surface area contributed by atoms with Gasteiger partial charge in [-0.15, -0.1) is 0 Å². The Morgan fingerprint density at radius 2 is 1.86 bits per heavy atom. The molecule has 0 saturated carbocycles. The highest BCUT2D eigenvalue weighted by atomic mass is 32.2. The quantitative estimate of drug-likeness (QED) is 0.581. The second-order valence-electron chi connectivity index (χ2n) is 4.83. The summed E-state index contributed by atoms with van der Waals surface area (Å²) < 4.78 is 48.6. The molecule has 1 aromatic carbocycles. The molecule has 0 N–H and O–H groups in total. The van der Waals surface area contributed by atoms with Crippen molar-refractivity contribution in [1.82, 2.24) is 4.31 Å². The van der Waals surface area contributed by atoms with Crippen LogP contribution in [-0.4, -0.2) is 50.7 Å². The molecule has 0 amide bonds. The number of benzene rings is 1. The van der Waals surface area contributed by atoms with Gasteiger partial charge >= 0.3 is 0 Å². The molecule has 0 spiro atoms. The Balaban J connectivity index is 2.27. The van der Waals surface area contributed by atoms with Crippen LogP contribution in [0.25, 0.3) is 0 Å². The fourth-order valence-corrected chi connectivity index (χ4v) is 5.42. The highest BCUT2D eigenvalue weighted by molar-refractivity contribution is 7.92. The molecule has 21 heavy (non-hydrogen) atoms. The van der Waals surface area contributed by atoms with E-state index in [-0.39, 0.29) is 28.5 Å². The molecule has 1 atom stereocenters. The average Bonchev–Trinajstić information content (AvgIpc) is 2.78. The first-order valence-electron chi connectivity index (χ1n) is 6.06. The second kappa shape index (κ2) is 5.35. The summed E-state index contributed by atoms with van der Waals surface area (Å²) in [5, 5.41) is 10.6. The monoisotopic (exact) mass is 334 g/mol. The van der Waals surface area contributed by atoms with Crippen molar-refractivity contribution in [1.29, 1.82) is 0 Å². The average molecular weight is 334 g/mol. The number of nitrogens with zero attached hydrogens (tertiary/aromatic N) is 2. The fourth-order valence-electron chi connectivity index (χ4n) is 2.16. The third-order valence-corrected chi connectivity index (χ3v) is 7.12. The van der Waals surface area contributed by atoms with Crippen molar-refractivity contribution in [2.75, 3.05) is 18.6 Å². The maximum atomic E-state index is 12.4. The molecule has 10 heteroatoms. The van der Waals surface area contributed by atoms with Crippen LogP contribution >= 0.6 is 0 Å². The van der Waals surface area contributed by atoms with Crippen molar-refractivity contribution < 1.29 is 21.8 Å². The number of sulfonamides is 1. The Morgan fingerprint density at radius 3 is 2.29 bits per heavy atom. The molecule has 1 heterocycles. The highest BCUT2D eigenvalue weighted by Gasteiger charge is 2.36. The van der Waals surface area contributed by atoms with E-state index < -0.39 is 30.8 Å². The normalized spacial score (nSPS) is 21.5. The number of hydrogen-bond donors (Lipinski definition) is 0. The van der Waals surface area contributed by atoms with Crippen molar-refractivity contribution in [2.45, 2.75) is 17.4 Å². The van der Waals surface area contributed by atoms with Gasteiger partial charge in [0.15, 0.2) is 9.84 Å². The largest absolute Gasteiger partial charge is 0.269 e. The molecular formula is C11H14N2O6S2. The van der Waals surface area contributed by atoms with Crippen molar-refractivity contribution in [3.05, 3.63) is 34.4 Å². The van der Waals surface area contributed by atoms with Gasteiger partial charge in [0.2, 0.25) is 10.0 Å². The number of non-ortho nitro benzene ring substituents is 1. The number of rotatable bonds is 4.